The van der Waals surface area contributed by atoms with E-state index in [1.807, 2.05) is 0 Å². The van der Waals surface area contributed by atoms with Gasteiger partial charge in [0.15, 0.2) is 6.61 Å². The van der Waals surface area contributed by atoms with Gasteiger partial charge in [0.25, 0.3) is 11.8 Å². The number of amides is 3. The molecule has 0 unspecified atom stereocenters. The zero-order chi connectivity index (χ0) is 24.0. The summed E-state index contributed by atoms with van der Waals surface area (Å²) in [5.41, 5.74) is 3.25. The van der Waals surface area contributed by atoms with Crippen LogP contribution < -0.4 is 20.2 Å². The van der Waals surface area contributed by atoms with E-state index in [4.69, 9.17) is 14.2 Å². The third kappa shape index (κ3) is 6.45. The van der Waals surface area contributed by atoms with Crippen molar-refractivity contribution >= 4 is 45.3 Å². The highest BCUT2D eigenvalue weighted by molar-refractivity contribution is 9.10. The van der Waals surface area contributed by atoms with Gasteiger partial charge in [0.05, 0.1) is 26.7 Å². The Bertz CT molecular complexity index is 1040. The number of carbonyl (C=O) groups is 4. The summed E-state index contributed by atoms with van der Waals surface area (Å²) in [6, 6.07) is 11.5. The molecular formula is C22H22BrN3O7. The van der Waals surface area contributed by atoms with Gasteiger partial charge in [-0.1, -0.05) is 15.9 Å². The van der Waals surface area contributed by atoms with Crippen LogP contribution in [0.1, 0.15) is 16.8 Å². The molecule has 1 heterocycles. The van der Waals surface area contributed by atoms with Gasteiger partial charge in [0.1, 0.15) is 11.5 Å². The van der Waals surface area contributed by atoms with Gasteiger partial charge in [-0.05, 0) is 36.4 Å². The molecule has 1 aliphatic rings. The zero-order valence-corrected chi connectivity index (χ0v) is 19.5. The van der Waals surface area contributed by atoms with Gasteiger partial charge < -0.3 is 19.5 Å². The van der Waals surface area contributed by atoms with E-state index in [1.165, 1.54) is 26.4 Å². The summed E-state index contributed by atoms with van der Waals surface area (Å²) in [4.78, 5) is 49.2. The standard InChI is InChI=1S/C22H22BrN3O7/c1-31-17-7-13(8-18(10-17)32-2)21(29)25-26-11-14(9-20(26)28)22(30)33-12-19(27)24-16-5-3-15(23)4-6-16/h3-8,10,14H,9,11-12H2,1-2H3,(H,24,27)(H,25,29)/t14-/m1/s1. The van der Waals surface area contributed by atoms with Crippen molar-refractivity contribution in [3.8, 4) is 11.5 Å². The van der Waals surface area contributed by atoms with E-state index in [1.54, 1.807) is 30.3 Å². The first-order chi connectivity index (χ1) is 15.8. The lowest BCUT2D eigenvalue weighted by Gasteiger charge is -2.18. The van der Waals surface area contributed by atoms with E-state index in [0.717, 1.165) is 9.48 Å². The van der Waals surface area contributed by atoms with Crippen molar-refractivity contribution in [1.29, 1.82) is 0 Å². The first-order valence-electron chi connectivity index (χ1n) is 9.85. The van der Waals surface area contributed by atoms with Crippen LogP contribution in [0.4, 0.5) is 5.69 Å². The first-order valence-corrected chi connectivity index (χ1v) is 10.6. The van der Waals surface area contributed by atoms with Crippen molar-refractivity contribution in [3.63, 3.8) is 0 Å². The highest BCUT2D eigenvalue weighted by Crippen LogP contribution is 2.23. The molecule has 2 aromatic rings. The van der Waals surface area contributed by atoms with Gasteiger partial charge in [-0.2, -0.15) is 0 Å². The van der Waals surface area contributed by atoms with Crippen LogP contribution in [-0.4, -0.2) is 56.1 Å². The molecule has 10 nitrogen and oxygen atoms in total. The smallest absolute Gasteiger partial charge is 0.311 e. The number of benzene rings is 2. The number of ether oxygens (including phenoxy) is 3. The topological polar surface area (TPSA) is 123 Å². The van der Waals surface area contributed by atoms with Crippen LogP contribution in [0.15, 0.2) is 46.9 Å². The number of rotatable bonds is 8. The summed E-state index contributed by atoms with van der Waals surface area (Å²) < 4.78 is 16.2. The minimum Gasteiger partial charge on any atom is -0.497 e. The quantitative estimate of drug-likeness (QED) is 0.512. The van der Waals surface area contributed by atoms with Crippen molar-refractivity contribution in [3.05, 3.63) is 52.5 Å². The molecule has 2 N–H and O–H groups in total. The molecule has 2 aromatic carbocycles. The Morgan fingerprint density at radius 1 is 1.06 bits per heavy atom. The molecule has 0 saturated carbocycles. The molecule has 0 aromatic heterocycles. The van der Waals surface area contributed by atoms with Crippen LogP contribution in [0.5, 0.6) is 11.5 Å². The molecule has 0 bridgehead atoms. The Kier molecular flexibility index (Phi) is 7.88. The number of nitrogens with one attached hydrogen (secondary N) is 2. The second-order valence-electron chi connectivity index (χ2n) is 7.11. The summed E-state index contributed by atoms with van der Waals surface area (Å²) in [6.07, 6.45) is -0.144. The number of carbonyl (C=O) groups excluding carboxylic acids is 4. The molecule has 174 valence electrons. The second kappa shape index (κ2) is 10.8. The first kappa shape index (κ1) is 24.1. The minimum absolute atomic E-state index is 0.0706. The van der Waals surface area contributed by atoms with Crippen molar-refractivity contribution in [2.24, 2.45) is 5.92 Å². The molecule has 1 aliphatic heterocycles. The fourth-order valence-corrected chi connectivity index (χ4v) is 3.35. The highest BCUT2D eigenvalue weighted by Gasteiger charge is 2.36. The molecule has 1 saturated heterocycles. The summed E-state index contributed by atoms with van der Waals surface area (Å²) >= 11 is 3.30. The average molecular weight is 520 g/mol. The SMILES string of the molecule is COc1cc(OC)cc(C(=O)NN2C[C@H](C(=O)OCC(=O)Nc3ccc(Br)cc3)CC2=O)c1. The number of hydrogen-bond donors (Lipinski definition) is 2. The lowest BCUT2D eigenvalue weighted by Crippen LogP contribution is -2.43. The van der Waals surface area contributed by atoms with Crippen LogP contribution >= 0.6 is 15.9 Å². The molecule has 1 fully saturated rings. The number of hydrazine groups is 1. The molecule has 0 aliphatic carbocycles. The number of esters is 1. The van der Waals surface area contributed by atoms with Crippen molar-refractivity contribution < 1.29 is 33.4 Å². The summed E-state index contributed by atoms with van der Waals surface area (Å²) in [7, 11) is 2.91. The molecule has 0 radical (unpaired) electrons. The van der Waals surface area contributed by atoms with E-state index in [9.17, 15) is 19.2 Å². The molecule has 3 rings (SSSR count). The third-order valence-electron chi connectivity index (χ3n) is 4.78. The summed E-state index contributed by atoms with van der Waals surface area (Å²) in [5.74, 6) is -2.20. The molecule has 3 amide bonds. The van der Waals surface area contributed by atoms with Gasteiger partial charge in [-0.3, -0.25) is 29.6 Å². The lowest BCUT2D eigenvalue weighted by molar-refractivity contribution is -0.151. The molecule has 11 heteroatoms. The minimum atomic E-state index is -0.807. The van der Waals surface area contributed by atoms with E-state index in [-0.39, 0.29) is 18.5 Å². The maximum Gasteiger partial charge on any atom is 0.311 e. The average Bonchev–Trinajstić information content (AvgIpc) is 3.18. The van der Waals surface area contributed by atoms with Gasteiger partial charge in [-0.15, -0.1) is 0 Å². The maximum absolute atomic E-state index is 12.6. The maximum atomic E-state index is 12.6. The lowest BCUT2D eigenvalue weighted by atomic mass is 10.1. The van der Waals surface area contributed by atoms with Crippen LogP contribution in [0, 0.1) is 5.92 Å². The van der Waals surface area contributed by atoms with Crippen molar-refractivity contribution in [1.82, 2.24) is 10.4 Å². The predicted molar refractivity (Wildman–Crippen MR) is 121 cm³/mol. The van der Waals surface area contributed by atoms with Crippen LogP contribution in [0.25, 0.3) is 0 Å². The Balaban J connectivity index is 1.52. The normalized spacial score (nSPS) is 15.1. The monoisotopic (exact) mass is 519 g/mol. The van der Waals surface area contributed by atoms with E-state index in [2.05, 4.69) is 26.7 Å². The fourth-order valence-electron chi connectivity index (χ4n) is 3.08. The Hall–Kier alpha value is -3.60. The molecular weight excluding hydrogens is 498 g/mol. The van der Waals surface area contributed by atoms with E-state index in [0.29, 0.717) is 17.2 Å². The molecule has 33 heavy (non-hydrogen) atoms. The second-order valence-corrected chi connectivity index (χ2v) is 8.03. The van der Waals surface area contributed by atoms with E-state index >= 15 is 0 Å². The number of methoxy groups -OCH3 is 2. The fraction of sp³-hybridized carbons (Fsp3) is 0.273. The summed E-state index contributed by atoms with van der Waals surface area (Å²) in [6.45, 7) is -0.561. The van der Waals surface area contributed by atoms with Crippen molar-refractivity contribution in [2.75, 3.05) is 32.7 Å². The van der Waals surface area contributed by atoms with Crippen LogP contribution in [0.2, 0.25) is 0 Å². The Labute approximate surface area is 198 Å². The number of nitrogens with zero attached hydrogens (tertiary/aromatic N) is 1. The largest absolute Gasteiger partial charge is 0.497 e. The Morgan fingerprint density at radius 2 is 1.70 bits per heavy atom. The predicted octanol–water partition coefficient (Wildman–Crippen LogP) is 2.14. The van der Waals surface area contributed by atoms with Crippen molar-refractivity contribution in [2.45, 2.75) is 6.42 Å². The van der Waals surface area contributed by atoms with Gasteiger partial charge in [-0.25, -0.2) is 0 Å². The molecule has 0 spiro atoms. The van der Waals surface area contributed by atoms with Crippen LogP contribution in [-0.2, 0) is 19.1 Å². The zero-order valence-electron chi connectivity index (χ0n) is 17.9. The number of halogens is 1. The Morgan fingerprint density at radius 3 is 2.30 bits per heavy atom. The number of hydrogen-bond acceptors (Lipinski definition) is 7. The third-order valence-corrected chi connectivity index (χ3v) is 5.31. The summed E-state index contributed by atoms with van der Waals surface area (Å²) in [5, 5.41) is 3.66. The van der Waals surface area contributed by atoms with E-state index < -0.39 is 36.2 Å². The highest BCUT2D eigenvalue weighted by atomic mass is 79.9. The number of anilines is 1. The molecule has 1 atom stereocenters. The van der Waals surface area contributed by atoms with Gasteiger partial charge >= 0.3 is 5.97 Å². The van der Waals surface area contributed by atoms with Crippen LogP contribution in [0.3, 0.4) is 0 Å². The van der Waals surface area contributed by atoms with Gasteiger partial charge in [0.2, 0.25) is 5.91 Å². The van der Waals surface area contributed by atoms with Gasteiger partial charge in [0, 0.05) is 28.2 Å².